The van der Waals surface area contributed by atoms with Crippen LogP contribution in [-0.4, -0.2) is 27.8 Å². The molecule has 7 nitrogen and oxygen atoms in total. The van der Waals surface area contributed by atoms with E-state index in [-0.39, 0.29) is 5.56 Å². The Labute approximate surface area is 193 Å². The van der Waals surface area contributed by atoms with Crippen LogP contribution in [0, 0.1) is 0 Å². The second-order valence-corrected chi connectivity index (χ2v) is 8.56. The molecule has 0 radical (unpaired) electrons. The number of fused-ring (bicyclic) bond motifs is 1. The fourth-order valence-electron chi connectivity index (χ4n) is 4.03. The third-order valence-electron chi connectivity index (χ3n) is 5.56. The number of methoxy groups -OCH3 is 1. The predicted molar refractivity (Wildman–Crippen MR) is 126 cm³/mol. The zero-order chi connectivity index (χ0) is 22.9. The third-order valence-corrected chi connectivity index (χ3v) is 6.54. The number of benzene rings is 2. The van der Waals surface area contributed by atoms with Crippen LogP contribution >= 0.6 is 11.3 Å². The van der Waals surface area contributed by atoms with Gasteiger partial charge in [-0.1, -0.05) is 72.0 Å². The Kier molecular flexibility index (Phi) is 5.35. The summed E-state index contributed by atoms with van der Waals surface area (Å²) in [6, 6.07) is 18.6. The summed E-state index contributed by atoms with van der Waals surface area (Å²) in [4.78, 5) is 31.4. The van der Waals surface area contributed by atoms with Gasteiger partial charge in [-0.2, -0.15) is 5.10 Å². The van der Waals surface area contributed by atoms with Gasteiger partial charge < -0.3 is 4.74 Å². The maximum Gasteiger partial charge on any atom is 0.338 e. The highest BCUT2D eigenvalue weighted by Crippen LogP contribution is 2.30. The van der Waals surface area contributed by atoms with Crippen molar-refractivity contribution < 1.29 is 9.53 Å². The summed E-state index contributed by atoms with van der Waals surface area (Å²) in [6.45, 7) is 1.77. The Bertz CT molecular complexity index is 1550. The number of esters is 1. The van der Waals surface area contributed by atoms with Crippen LogP contribution in [0.1, 0.15) is 24.1 Å². The first-order chi connectivity index (χ1) is 16.1. The molecule has 0 fully saturated rings. The molecule has 2 aromatic heterocycles. The number of carbonyl (C=O) groups is 1. The number of thiazole rings is 1. The molecule has 1 aliphatic rings. The number of H-pyrrole nitrogens is 1. The van der Waals surface area contributed by atoms with E-state index in [1.165, 1.54) is 18.4 Å². The van der Waals surface area contributed by atoms with E-state index in [2.05, 4.69) is 15.2 Å². The van der Waals surface area contributed by atoms with Gasteiger partial charge in [0.2, 0.25) is 0 Å². The lowest BCUT2D eigenvalue weighted by molar-refractivity contribution is -0.136. The van der Waals surface area contributed by atoms with E-state index in [1.807, 2.05) is 66.7 Å². The summed E-state index contributed by atoms with van der Waals surface area (Å²) in [6.07, 6.45) is 3.51. The van der Waals surface area contributed by atoms with Gasteiger partial charge >= 0.3 is 5.97 Å². The van der Waals surface area contributed by atoms with Gasteiger partial charge in [-0.25, -0.2) is 9.79 Å². The Hall–Kier alpha value is -4.04. The van der Waals surface area contributed by atoms with Gasteiger partial charge in [-0.3, -0.25) is 14.5 Å². The first-order valence-corrected chi connectivity index (χ1v) is 11.1. The molecule has 0 unspecified atom stereocenters. The van der Waals surface area contributed by atoms with Crippen LogP contribution in [-0.2, 0) is 9.53 Å². The second kappa shape index (κ2) is 8.48. The van der Waals surface area contributed by atoms with Gasteiger partial charge in [0, 0.05) is 11.1 Å². The van der Waals surface area contributed by atoms with Crippen molar-refractivity contribution in [2.75, 3.05) is 7.11 Å². The molecule has 0 bridgehead atoms. The van der Waals surface area contributed by atoms with Gasteiger partial charge in [0.15, 0.2) is 4.80 Å². The summed E-state index contributed by atoms with van der Waals surface area (Å²) in [5.41, 5.74) is 4.08. The predicted octanol–water partition coefficient (Wildman–Crippen LogP) is 2.80. The van der Waals surface area contributed by atoms with Crippen molar-refractivity contribution >= 4 is 23.4 Å². The van der Waals surface area contributed by atoms with E-state index in [1.54, 1.807) is 17.7 Å². The zero-order valence-corrected chi connectivity index (χ0v) is 18.8. The van der Waals surface area contributed by atoms with Gasteiger partial charge in [0.25, 0.3) is 5.56 Å². The van der Waals surface area contributed by atoms with Gasteiger partial charge in [-0.15, -0.1) is 0 Å². The summed E-state index contributed by atoms with van der Waals surface area (Å²) in [7, 11) is 1.33. The topological polar surface area (TPSA) is 89.3 Å². The van der Waals surface area contributed by atoms with E-state index in [0.29, 0.717) is 20.6 Å². The van der Waals surface area contributed by atoms with Crippen molar-refractivity contribution in [2.24, 2.45) is 4.99 Å². The van der Waals surface area contributed by atoms with E-state index in [9.17, 15) is 9.59 Å². The standard InChI is InChI=1S/C25H20N4O3S/c1-15-20(24(31)32-2)22(17-11-7-4-8-12-17)29-23(30)19(33-25(29)27-15)13-18-14-26-28-21(18)16-9-5-3-6-10-16/h3-14,22H,1-2H3,(H,26,28)/b19-13-/t22-/m1/s1. The molecule has 0 spiro atoms. The molecule has 1 aliphatic heterocycles. The Morgan fingerprint density at radius 2 is 1.82 bits per heavy atom. The molecule has 3 heterocycles. The van der Waals surface area contributed by atoms with Crippen molar-refractivity contribution in [3.05, 3.63) is 109 Å². The van der Waals surface area contributed by atoms with Crippen LogP contribution in [0.4, 0.5) is 0 Å². The number of rotatable bonds is 4. The number of nitrogens with one attached hydrogen (secondary N) is 1. The minimum atomic E-state index is -0.616. The maximum atomic E-state index is 13.6. The van der Waals surface area contributed by atoms with Gasteiger partial charge in [0.05, 0.1) is 40.8 Å². The van der Waals surface area contributed by atoms with Crippen molar-refractivity contribution in [2.45, 2.75) is 13.0 Å². The lowest BCUT2D eigenvalue weighted by Gasteiger charge is -2.24. The molecule has 5 rings (SSSR count). The SMILES string of the molecule is COC(=O)C1=C(C)N=c2s/c(=C\c3cn[nH]c3-c3ccccc3)c(=O)n2[C@@H]1c1ccccc1. The molecule has 1 N–H and O–H groups in total. The number of aromatic nitrogens is 3. The van der Waals surface area contributed by atoms with E-state index >= 15 is 0 Å². The number of nitrogens with zero attached hydrogens (tertiary/aromatic N) is 3. The van der Waals surface area contributed by atoms with Crippen molar-refractivity contribution in [3.8, 4) is 11.3 Å². The first kappa shape index (κ1) is 20.8. The molecule has 4 aromatic rings. The summed E-state index contributed by atoms with van der Waals surface area (Å²) < 4.78 is 7.12. The molecular formula is C25H20N4O3S. The van der Waals surface area contributed by atoms with Crippen molar-refractivity contribution in [1.82, 2.24) is 14.8 Å². The highest BCUT2D eigenvalue weighted by molar-refractivity contribution is 7.07. The van der Waals surface area contributed by atoms with Crippen LogP contribution in [0.3, 0.4) is 0 Å². The van der Waals surface area contributed by atoms with Gasteiger partial charge in [0.1, 0.15) is 0 Å². The molecule has 2 aromatic carbocycles. The second-order valence-electron chi connectivity index (χ2n) is 7.55. The van der Waals surface area contributed by atoms with E-state index in [4.69, 9.17) is 4.74 Å². The van der Waals surface area contributed by atoms with E-state index in [0.717, 1.165) is 22.4 Å². The van der Waals surface area contributed by atoms with Crippen LogP contribution in [0.15, 0.2) is 87.9 Å². The quantitative estimate of drug-likeness (QED) is 0.478. The molecule has 164 valence electrons. The highest BCUT2D eigenvalue weighted by Gasteiger charge is 2.32. The number of ether oxygens (including phenoxy) is 1. The molecule has 0 saturated carbocycles. The number of hydrogen-bond acceptors (Lipinski definition) is 6. The number of hydrogen-bond donors (Lipinski definition) is 1. The molecule has 1 atom stereocenters. The zero-order valence-electron chi connectivity index (χ0n) is 18.0. The number of carbonyl (C=O) groups excluding carboxylic acids is 1. The molecular weight excluding hydrogens is 436 g/mol. The van der Waals surface area contributed by atoms with Crippen molar-refractivity contribution in [3.63, 3.8) is 0 Å². The fraction of sp³-hybridized carbons (Fsp3) is 0.120. The molecule has 0 saturated heterocycles. The molecule has 0 amide bonds. The van der Waals surface area contributed by atoms with E-state index < -0.39 is 12.0 Å². The minimum absolute atomic E-state index is 0.221. The maximum absolute atomic E-state index is 13.6. The molecule has 33 heavy (non-hydrogen) atoms. The molecule has 8 heteroatoms. The normalized spacial score (nSPS) is 15.8. The highest BCUT2D eigenvalue weighted by atomic mass is 32.1. The number of allylic oxidation sites excluding steroid dienone is 1. The minimum Gasteiger partial charge on any atom is -0.466 e. The van der Waals surface area contributed by atoms with Crippen molar-refractivity contribution in [1.29, 1.82) is 0 Å². The molecule has 0 aliphatic carbocycles. The summed E-state index contributed by atoms with van der Waals surface area (Å²) in [5, 5.41) is 7.19. The lowest BCUT2D eigenvalue weighted by Crippen LogP contribution is -2.39. The average molecular weight is 457 g/mol. The Morgan fingerprint density at radius 3 is 2.52 bits per heavy atom. The Balaban J connectivity index is 1.72. The van der Waals surface area contributed by atoms with Crippen LogP contribution < -0.4 is 14.9 Å². The van der Waals surface area contributed by atoms with Crippen LogP contribution in [0.2, 0.25) is 0 Å². The Morgan fingerprint density at radius 1 is 1.12 bits per heavy atom. The monoisotopic (exact) mass is 456 g/mol. The third kappa shape index (κ3) is 3.64. The summed E-state index contributed by atoms with van der Waals surface area (Å²) >= 11 is 1.29. The van der Waals surface area contributed by atoms with Crippen LogP contribution in [0.25, 0.3) is 17.3 Å². The smallest absolute Gasteiger partial charge is 0.338 e. The largest absolute Gasteiger partial charge is 0.466 e. The fourth-order valence-corrected chi connectivity index (χ4v) is 5.06. The lowest BCUT2D eigenvalue weighted by atomic mass is 9.96. The first-order valence-electron chi connectivity index (χ1n) is 10.3. The number of aromatic amines is 1. The van der Waals surface area contributed by atoms with Crippen LogP contribution in [0.5, 0.6) is 0 Å². The average Bonchev–Trinajstić information content (AvgIpc) is 3.43. The summed E-state index contributed by atoms with van der Waals surface area (Å²) in [5.74, 6) is -0.499. The van der Waals surface area contributed by atoms with Gasteiger partial charge in [-0.05, 0) is 18.6 Å².